The molecule has 0 aliphatic rings. The van der Waals surface area contributed by atoms with Gasteiger partial charge in [-0.05, 0) is 69.3 Å². The summed E-state index contributed by atoms with van der Waals surface area (Å²) in [5.41, 5.74) is 0. The Morgan fingerprint density at radius 3 is 0.654 bits per heavy atom. The van der Waals surface area contributed by atoms with Crippen LogP contribution in [0.3, 0.4) is 0 Å². The highest BCUT2D eigenvalue weighted by Crippen LogP contribution is 2.55. The fraction of sp³-hybridized carbons (Fsp3) is 0.727. The number of hydrogen-bond donors (Lipinski definition) is 0. The first-order valence-electron chi connectivity index (χ1n) is 20.6. The summed E-state index contributed by atoms with van der Waals surface area (Å²) < 4.78 is 0. The average Bonchev–Trinajstić information content (AvgIpc) is 2.96. The molecule has 0 bridgehead atoms. The van der Waals surface area contributed by atoms with Gasteiger partial charge in [-0.2, -0.15) is 0 Å². The fourth-order valence-electron chi connectivity index (χ4n) is 8.27. The molecule has 8 heteroatoms. The third-order valence-corrected chi connectivity index (χ3v) is 16.4. The minimum atomic E-state index is -0.417. The van der Waals surface area contributed by atoms with Gasteiger partial charge in [0.25, 0.3) is 0 Å². The third kappa shape index (κ3) is 13.8. The summed E-state index contributed by atoms with van der Waals surface area (Å²) in [6.07, 6.45) is 0. The molecule has 0 aliphatic carbocycles. The van der Waals surface area contributed by atoms with Gasteiger partial charge in [0.05, 0.1) is 0 Å². The van der Waals surface area contributed by atoms with E-state index in [1.54, 1.807) is 0 Å². The number of benzene rings is 2. The lowest BCUT2D eigenvalue weighted by atomic mass is 9.91. The Bertz CT molecular complexity index is 1070. The number of hydrogen-bond acceptors (Lipinski definition) is 4. The van der Waals surface area contributed by atoms with Crippen molar-refractivity contribution in [2.75, 3.05) is 0 Å². The maximum absolute atomic E-state index is 2.75. The standard InChI is InChI=1S/2C22H42BN2P/c2*1-17(2)24(18(3)4)23(25(19(5)6)20(7)8)26(22(9,10)11)21-15-13-12-14-16-21/h2*12-20H,1-11H3/t2*26-/m00/s1. The Morgan fingerprint density at radius 1 is 0.346 bits per heavy atom. The molecule has 2 atom stereocenters. The summed E-state index contributed by atoms with van der Waals surface area (Å²) in [6, 6.07) is 26.6. The van der Waals surface area contributed by atoms with Gasteiger partial charge in [0.15, 0.2) is 0 Å². The van der Waals surface area contributed by atoms with Crippen LogP contribution in [-0.4, -0.2) is 91.3 Å². The molecular weight excluding hydrogens is 668 g/mol. The number of nitrogens with zero attached hydrogens (tertiary/aromatic N) is 4. The molecule has 0 amide bonds. The zero-order valence-electron chi connectivity index (χ0n) is 38.2. The van der Waals surface area contributed by atoms with Gasteiger partial charge < -0.3 is 19.2 Å². The maximum atomic E-state index is 2.75. The minimum Gasteiger partial charge on any atom is -0.319 e. The molecule has 2 rings (SSSR count). The molecule has 0 saturated carbocycles. The van der Waals surface area contributed by atoms with Crippen LogP contribution in [0.15, 0.2) is 60.7 Å². The first-order chi connectivity index (χ1) is 23.8. The predicted octanol–water partition coefficient (Wildman–Crippen LogP) is 11.6. The molecule has 0 aromatic heterocycles. The molecule has 0 aliphatic heterocycles. The summed E-state index contributed by atoms with van der Waals surface area (Å²) in [5, 5.41) is 3.48. The lowest BCUT2D eigenvalue weighted by Crippen LogP contribution is -2.63. The minimum absolute atomic E-state index is 0.228. The largest absolute Gasteiger partial charge is 0.346 e. The van der Waals surface area contributed by atoms with Gasteiger partial charge in [-0.15, -0.1) is 0 Å². The van der Waals surface area contributed by atoms with E-state index >= 15 is 0 Å². The lowest BCUT2D eigenvalue weighted by Gasteiger charge is -2.51. The molecule has 0 radical (unpaired) electrons. The summed E-state index contributed by atoms with van der Waals surface area (Å²) >= 11 is 0. The highest BCUT2D eigenvalue weighted by Gasteiger charge is 2.48. The van der Waals surface area contributed by atoms with E-state index in [-0.39, 0.29) is 10.3 Å². The highest BCUT2D eigenvalue weighted by atomic mass is 31.1. The molecule has 2 aromatic carbocycles. The van der Waals surface area contributed by atoms with Crippen LogP contribution in [0.4, 0.5) is 0 Å². The van der Waals surface area contributed by atoms with E-state index in [0.29, 0.717) is 61.7 Å². The molecule has 52 heavy (non-hydrogen) atoms. The monoisotopic (exact) mass is 753 g/mol. The van der Waals surface area contributed by atoms with E-state index in [1.807, 2.05) is 0 Å². The second-order valence-electron chi connectivity index (χ2n) is 19.0. The van der Waals surface area contributed by atoms with Gasteiger partial charge in [-0.1, -0.05) is 229 Å². The lowest BCUT2D eigenvalue weighted by molar-refractivity contribution is 0.232. The Kier molecular flexibility index (Phi) is 20.4. The van der Waals surface area contributed by atoms with Crippen molar-refractivity contribution in [3.8, 4) is 0 Å². The van der Waals surface area contributed by atoms with Crippen molar-refractivity contribution in [1.29, 1.82) is 0 Å². The smallest absolute Gasteiger partial charge is 0.319 e. The second kappa shape index (κ2) is 21.5. The zero-order chi connectivity index (χ0) is 40.5. The molecule has 296 valence electrons. The predicted molar refractivity (Wildman–Crippen MR) is 245 cm³/mol. The van der Waals surface area contributed by atoms with E-state index in [9.17, 15) is 0 Å². The van der Waals surface area contributed by atoms with E-state index in [0.717, 1.165) is 0 Å². The first kappa shape index (κ1) is 49.3. The van der Waals surface area contributed by atoms with Crippen LogP contribution in [0.25, 0.3) is 0 Å². The van der Waals surface area contributed by atoms with E-state index < -0.39 is 15.6 Å². The van der Waals surface area contributed by atoms with Crippen molar-refractivity contribution in [2.45, 2.75) is 211 Å². The molecule has 0 N–H and O–H groups in total. The Balaban J connectivity index is 0.000000520. The van der Waals surface area contributed by atoms with Crippen LogP contribution in [0.2, 0.25) is 0 Å². The normalized spacial score (nSPS) is 14.3. The van der Waals surface area contributed by atoms with E-state index in [1.165, 1.54) is 10.6 Å². The Labute approximate surface area is 329 Å². The van der Waals surface area contributed by atoms with Crippen LogP contribution in [0.1, 0.15) is 152 Å². The molecule has 2 aromatic rings. The maximum Gasteiger partial charge on any atom is 0.346 e. The second-order valence-corrected chi connectivity index (χ2v) is 25.1. The molecule has 0 saturated heterocycles. The summed E-state index contributed by atoms with van der Waals surface area (Å²) in [4.78, 5) is 11.0. The highest BCUT2D eigenvalue weighted by molar-refractivity contribution is 7.96. The average molecular weight is 753 g/mol. The van der Waals surface area contributed by atoms with Crippen LogP contribution in [-0.2, 0) is 0 Å². The van der Waals surface area contributed by atoms with Crippen molar-refractivity contribution in [3.05, 3.63) is 60.7 Å². The van der Waals surface area contributed by atoms with Crippen LogP contribution < -0.4 is 10.6 Å². The molecule has 4 nitrogen and oxygen atoms in total. The van der Waals surface area contributed by atoms with Crippen LogP contribution in [0, 0.1) is 0 Å². The van der Waals surface area contributed by atoms with Crippen molar-refractivity contribution >= 4 is 39.6 Å². The van der Waals surface area contributed by atoms with Crippen molar-refractivity contribution in [3.63, 3.8) is 0 Å². The summed E-state index contributed by atoms with van der Waals surface area (Å²) in [7, 11) is -0.834. The Hall–Kier alpha value is -0.730. The fourth-order valence-corrected chi connectivity index (χ4v) is 15.9. The van der Waals surface area contributed by atoms with E-state index in [2.05, 4.69) is 232 Å². The zero-order valence-corrected chi connectivity index (χ0v) is 40.0. The quantitative estimate of drug-likeness (QED) is 0.125. The van der Waals surface area contributed by atoms with Gasteiger partial charge in [-0.3, -0.25) is 0 Å². The molecule has 0 fully saturated rings. The van der Waals surface area contributed by atoms with Gasteiger partial charge in [0, 0.05) is 0 Å². The summed E-state index contributed by atoms with van der Waals surface area (Å²) in [6.45, 7) is 53.1. The topological polar surface area (TPSA) is 13.0 Å². The van der Waals surface area contributed by atoms with Crippen LogP contribution >= 0.6 is 15.6 Å². The Morgan fingerprint density at radius 2 is 0.519 bits per heavy atom. The first-order valence-corrected chi connectivity index (χ1v) is 23.4. The summed E-state index contributed by atoms with van der Waals surface area (Å²) in [5.74, 6) is 0. The van der Waals surface area contributed by atoms with Crippen molar-refractivity contribution in [1.82, 2.24) is 19.2 Å². The van der Waals surface area contributed by atoms with Gasteiger partial charge in [0.1, 0.15) is 0 Å². The van der Waals surface area contributed by atoms with Crippen molar-refractivity contribution in [2.24, 2.45) is 0 Å². The van der Waals surface area contributed by atoms with E-state index in [4.69, 9.17) is 0 Å². The molecule has 0 unspecified atom stereocenters. The third-order valence-electron chi connectivity index (χ3n) is 9.81. The number of rotatable bonds is 16. The van der Waals surface area contributed by atoms with Gasteiger partial charge in [-0.25, -0.2) is 0 Å². The van der Waals surface area contributed by atoms with Crippen molar-refractivity contribution < 1.29 is 0 Å². The van der Waals surface area contributed by atoms with Crippen LogP contribution in [0.5, 0.6) is 0 Å². The van der Waals surface area contributed by atoms with Gasteiger partial charge in [0.2, 0.25) is 0 Å². The SMILES string of the molecule is CC(C)N(B(N(C(C)C)C(C)C)[P@@](c1ccccc1)C(C)(C)C)C(C)C.CC(C)N(B(N(C(C)C)C(C)C)[P@@](c1ccccc1)C(C)(C)C)C(C)C. The van der Waals surface area contributed by atoms with Gasteiger partial charge >= 0.3 is 13.4 Å². The molecular formula is C44H84B2N4P2. The molecule has 0 heterocycles. The molecule has 0 spiro atoms.